The van der Waals surface area contributed by atoms with Crippen LogP contribution in [0.3, 0.4) is 0 Å². The Kier molecular flexibility index (Phi) is 5.97. The number of benzene rings is 1. The van der Waals surface area contributed by atoms with Gasteiger partial charge in [0.15, 0.2) is 5.15 Å². The molecule has 6 nitrogen and oxygen atoms in total. The molecule has 0 saturated carbocycles. The van der Waals surface area contributed by atoms with Gasteiger partial charge in [-0.1, -0.05) is 35.3 Å². The van der Waals surface area contributed by atoms with E-state index in [1.807, 2.05) is 0 Å². The predicted octanol–water partition coefficient (Wildman–Crippen LogP) is 3.96. The molecule has 2 aromatic rings. The summed E-state index contributed by atoms with van der Waals surface area (Å²) in [5, 5.41) is -0.371. The van der Waals surface area contributed by atoms with Crippen molar-refractivity contribution in [2.45, 2.75) is 9.79 Å². The highest BCUT2D eigenvalue weighted by atomic mass is 35.5. The van der Waals surface area contributed by atoms with Crippen molar-refractivity contribution in [3.05, 3.63) is 46.7 Å². The summed E-state index contributed by atoms with van der Waals surface area (Å²) in [6.07, 6.45) is 0. The minimum atomic E-state index is -3.98. The Morgan fingerprint density at radius 2 is 1.83 bits per heavy atom. The van der Waals surface area contributed by atoms with Gasteiger partial charge in [0, 0.05) is 19.0 Å². The predicted molar refractivity (Wildman–Crippen MR) is 96.4 cm³/mol. The van der Waals surface area contributed by atoms with E-state index in [4.69, 9.17) is 23.2 Å². The summed E-state index contributed by atoms with van der Waals surface area (Å²) in [6, 6.07) is 9.16. The average Bonchev–Trinajstić information content (AvgIpc) is 2.48. The van der Waals surface area contributed by atoms with Crippen LogP contribution in [0, 0.1) is 0 Å². The van der Waals surface area contributed by atoms with Gasteiger partial charge in [0.1, 0.15) is 10.0 Å². The van der Waals surface area contributed by atoms with Gasteiger partial charge >= 0.3 is 0 Å². The molecule has 0 aliphatic heterocycles. The van der Waals surface area contributed by atoms with Crippen LogP contribution in [-0.2, 0) is 10.0 Å². The van der Waals surface area contributed by atoms with Gasteiger partial charge in [-0.05, 0) is 36.0 Å². The number of hydrogen-bond acceptors (Lipinski definition) is 5. The second-order valence-corrected chi connectivity index (χ2v) is 8.18. The third-order valence-electron chi connectivity index (χ3n) is 2.76. The van der Waals surface area contributed by atoms with Crippen molar-refractivity contribution in [2.24, 2.45) is 0 Å². The van der Waals surface area contributed by atoms with Crippen molar-refractivity contribution in [1.29, 1.82) is 0 Å². The Morgan fingerprint density at radius 1 is 1.17 bits per heavy atom. The van der Waals surface area contributed by atoms with Gasteiger partial charge in [-0.2, -0.15) is 0 Å². The van der Waals surface area contributed by atoms with E-state index < -0.39 is 10.0 Å². The molecule has 1 aromatic carbocycles. The van der Waals surface area contributed by atoms with Crippen LogP contribution in [-0.4, -0.2) is 37.6 Å². The number of nitrogens with zero attached hydrogens (tertiary/aromatic N) is 2. The molecule has 1 N–H and O–H groups in total. The fraction of sp³-hybridized carbons (Fsp3) is 0.143. The highest BCUT2D eigenvalue weighted by Gasteiger charge is 2.21. The molecule has 1 amide bonds. The van der Waals surface area contributed by atoms with Crippen molar-refractivity contribution < 1.29 is 13.2 Å². The van der Waals surface area contributed by atoms with Crippen molar-refractivity contribution in [1.82, 2.24) is 9.88 Å². The fourth-order valence-electron chi connectivity index (χ4n) is 1.62. The van der Waals surface area contributed by atoms with E-state index in [2.05, 4.69) is 9.71 Å². The summed E-state index contributed by atoms with van der Waals surface area (Å²) in [5.74, 6) is 0. The first kappa shape index (κ1) is 18.9. The van der Waals surface area contributed by atoms with Gasteiger partial charge in [-0.3, -0.25) is 9.52 Å². The first-order valence-electron chi connectivity index (χ1n) is 6.54. The zero-order chi connectivity index (χ0) is 17.9. The summed E-state index contributed by atoms with van der Waals surface area (Å²) in [4.78, 5) is 17.2. The van der Waals surface area contributed by atoms with Crippen molar-refractivity contribution in [2.75, 3.05) is 18.8 Å². The maximum absolute atomic E-state index is 12.5. The van der Waals surface area contributed by atoms with Crippen molar-refractivity contribution in [3.8, 4) is 0 Å². The van der Waals surface area contributed by atoms with Crippen LogP contribution in [0.25, 0.3) is 0 Å². The number of carbonyl (C=O) groups excluding carboxylic acids is 1. The van der Waals surface area contributed by atoms with Crippen molar-refractivity contribution >= 4 is 55.9 Å². The third-order valence-corrected chi connectivity index (χ3v) is 5.89. The van der Waals surface area contributed by atoms with Crippen LogP contribution >= 0.6 is 35.0 Å². The lowest BCUT2D eigenvalue weighted by atomic mass is 10.3. The molecule has 0 aliphatic rings. The third kappa shape index (κ3) is 4.54. The van der Waals surface area contributed by atoms with E-state index in [-0.39, 0.29) is 26.1 Å². The molecule has 0 aliphatic carbocycles. The van der Waals surface area contributed by atoms with Gasteiger partial charge in [0.05, 0.1) is 5.69 Å². The molecule has 24 heavy (non-hydrogen) atoms. The number of amides is 1. The average molecular weight is 406 g/mol. The zero-order valence-electron chi connectivity index (χ0n) is 12.7. The lowest BCUT2D eigenvalue weighted by Crippen LogP contribution is -2.17. The number of pyridine rings is 1. The Labute approximate surface area is 154 Å². The number of rotatable bonds is 4. The summed E-state index contributed by atoms with van der Waals surface area (Å²) in [7, 11) is -0.756. The smallest absolute Gasteiger partial charge is 0.286 e. The van der Waals surface area contributed by atoms with Gasteiger partial charge in [-0.15, -0.1) is 0 Å². The number of sulfonamides is 1. The van der Waals surface area contributed by atoms with Crippen LogP contribution in [0.2, 0.25) is 10.3 Å². The first-order valence-corrected chi connectivity index (χ1v) is 9.59. The molecule has 10 heteroatoms. The molecular formula is C14H13Cl2N3O3S2. The topological polar surface area (TPSA) is 79.4 Å². The number of para-hydroxylation sites is 1. The summed E-state index contributed by atoms with van der Waals surface area (Å²) in [5.41, 5.74) is 0.267. The minimum absolute atomic E-state index is 0.0893. The van der Waals surface area contributed by atoms with E-state index in [9.17, 15) is 13.2 Å². The number of anilines is 1. The molecule has 0 unspecified atom stereocenters. The van der Waals surface area contributed by atoms with Gasteiger partial charge in [0.25, 0.3) is 15.3 Å². The highest BCUT2D eigenvalue weighted by molar-refractivity contribution is 8.13. The second kappa shape index (κ2) is 7.60. The lowest BCUT2D eigenvalue weighted by Gasteiger charge is -2.14. The fourth-order valence-corrected chi connectivity index (χ4v) is 4.18. The number of thioether (sulfide) groups is 1. The number of aromatic nitrogens is 1. The standard InChI is InChI=1S/C14H13Cl2N3O3S2/c1-19(2)14(20)23-10-6-4-3-5-9(10)18-24(21,22)11-7-8-12(15)17-13(11)16/h3-8,18H,1-2H3. The van der Waals surface area contributed by atoms with E-state index in [1.165, 1.54) is 17.0 Å². The largest absolute Gasteiger partial charge is 0.339 e. The van der Waals surface area contributed by atoms with Crippen LogP contribution in [0.4, 0.5) is 10.5 Å². The van der Waals surface area contributed by atoms with Crippen LogP contribution in [0.15, 0.2) is 46.2 Å². The van der Waals surface area contributed by atoms with Gasteiger partial charge in [0.2, 0.25) is 0 Å². The second-order valence-electron chi connectivity index (χ2n) is 4.79. The molecule has 0 saturated heterocycles. The van der Waals surface area contributed by atoms with Crippen LogP contribution in [0.1, 0.15) is 0 Å². The SMILES string of the molecule is CN(C)C(=O)Sc1ccccc1NS(=O)(=O)c1ccc(Cl)nc1Cl. The molecule has 128 valence electrons. The molecule has 1 heterocycles. The molecular weight excluding hydrogens is 393 g/mol. The molecule has 0 spiro atoms. The zero-order valence-corrected chi connectivity index (χ0v) is 15.8. The molecule has 0 atom stereocenters. The number of hydrogen-bond donors (Lipinski definition) is 1. The first-order chi connectivity index (χ1) is 11.2. The summed E-state index contributed by atoms with van der Waals surface area (Å²) < 4.78 is 27.5. The Hall–Kier alpha value is -1.48. The Bertz CT molecular complexity index is 873. The molecule has 0 bridgehead atoms. The maximum atomic E-state index is 12.5. The van der Waals surface area contributed by atoms with E-state index in [0.717, 1.165) is 11.8 Å². The van der Waals surface area contributed by atoms with Gasteiger partial charge < -0.3 is 4.90 Å². The molecule has 0 fully saturated rings. The minimum Gasteiger partial charge on any atom is -0.339 e. The Balaban J connectivity index is 2.35. The van der Waals surface area contributed by atoms with Crippen LogP contribution in [0.5, 0.6) is 0 Å². The van der Waals surface area contributed by atoms with E-state index >= 15 is 0 Å². The molecule has 2 rings (SSSR count). The van der Waals surface area contributed by atoms with E-state index in [0.29, 0.717) is 4.90 Å². The van der Waals surface area contributed by atoms with Gasteiger partial charge in [-0.25, -0.2) is 13.4 Å². The highest BCUT2D eigenvalue weighted by Crippen LogP contribution is 2.31. The molecule has 1 aromatic heterocycles. The monoisotopic (exact) mass is 405 g/mol. The van der Waals surface area contributed by atoms with Crippen molar-refractivity contribution in [3.63, 3.8) is 0 Å². The number of carbonyl (C=O) groups is 1. The Morgan fingerprint density at radius 3 is 2.46 bits per heavy atom. The number of halogens is 2. The van der Waals surface area contributed by atoms with Crippen LogP contribution < -0.4 is 4.72 Å². The normalized spacial score (nSPS) is 11.2. The summed E-state index contributed by atoms with van der Waals surface area (Å²) in [6.45, 7) is 0. The number of nitrogens with one attached hydrogen (secondary N) is 1. The quantitative estimate of drug-likeness (QED) is 0.614. The summed E-state index contributed by atoms with van der Waals surface area (Å²) >= 11 is 12.5. The molecule has 0 radical (unpaired) electrons. The lowest BCUT2D eigenvalue weighted by molar-refractivity contribution is 0.241. The van der Waals surface area contributed by atoms with E-state index in [1.54, 1.807) is 38.4 Å². The maximum Gasteiger partial charge on any atom is 0.286 e.